The molecule has 0 N–H and O–H groups in total. The summed E-state index contributed by atoms with van der Waals surface area (Å²) < 4.78 is 6.63. The topological polar surface area (TPSA) is 39.4 Å². The van der Waals surface area contributed by atoms with Gasteiger partial charge in [-0.1, -0.05) is 0 Å². The molecule has 4 nitrogen and oxygen atoms in total. The zero-order chi connectivity index (χ0) is 8.55. The van der Waals surface area contributed by atoms with Crippen molar-refractivity contribution in [2.24, 2.45) is 0 Å². The Balaban J connectivity index is 2.78. The van der Waals surface area contributed by atoms with Gasteiger partial charge >= 0.3 is 0 Å². The van der Waals surface area contributed by atoms with E-state index in [4.69, 9.17) is 16.3 Å². The first-order valence-corrected chi connectivity index (χ1v) is 3.74. The highest BCUT2D eigenvalue weighted by atomic mass is 35.5. The summed E-state index contributed by atoms with van der Waals surface area (Å²) in [6, 6.07) is 3.62. The van der Waals surface area contributed by atoms with Crippen LogP contribution in [-0.2, 0) is 0 Å². The quantitative estimate of drug-likeness (QED) is 0.671. The number of fused-ring (bicyclic) bond motifs is 1. The minimum Gasteiger partial charge on any atom is -0.493 e. The molecule has 0 radical (unpaired) electrons. The van der Waals surface area contributed by atoms with Gasteiger partial charge in [0.2, 0.25) is 5.28 Å². The number of nitrogens with zero attached hydrogens (tertiary/aromatic N) is 3. The lowest BCUT2D eigenvalue weighted by molar-refractivity contribution is 0.416. The van der Waals surface area contributed by atoms with Gasteiger partial charge in [0.15, 0.2) is 11.4 Å². The molecule has 12 heavy (non-hydrogen) atoms. The Morgan fingerprint density at radius 3 is 3.17 bits per heavy atom. The second kappa shape index (κ2) is 2.64. The van der Waals surface area contributed by atoms with Crippen LogP contribution in [-0.4, -0.2) is 21.7 Å². The van der Waals surface area contributed by atoms with E-state index in [9.17, 15) is 0 Å². The molecule has 0 aliphatic heterocycles. The van der Waals surface area contributed by atoms with Crippen molar-refractivity contribution >= 4 is 17.2 Å². The number of halogens is 1. The minimum absolute atomic E-state index is 0.222. The van der Waals surface area contributed by atoms with Gasteiger partial charge in [-0.05, 0) is 23.7 Å². The first kappa shape index (κ1) is 7.36. The minimum atomic E-state index is 0.222. The normalized spacial score (nSPS) is 10.5. The van der Waals surface area contributed by atoms with Gasteiger partial charge in [0.25, 0.3) is 0 Å². The Morgan fingerprint density at radius 2 is 2.42 bits per heavy atom. The van der Waals surface area contributed by atoms with Gasteiger partial charge in [0, 0.05) is 6.20 Å². The molecule has 62 valence electrons. The van der Waals surface area contributed by atoms with E-state index in [1.807, 2.05) is 6.07 Å². The molecule has 2 rings (SSSR count). The summed E-state index contributed by atoms with van der Waals surface area (Å²) in [5, 5.41) is 4.13. The molecule has 2 heterocycles. The Morgan fingerprint density at radius 1 is 1.58 bits per heavy atom. The predicted octanol–water partition coefficient (Wildman–Crippen LogP) is 1.39. The maximum Gasteiger partial charge on any atom is 0.243 e. The lowest BCUT2D eigenvalue weighted by Gasteiger charge is -1.98. The molecule has 0 aliphatic rings. The van der Waals surface area contributed by atoms with Gasteiger partial charge in [-0.25, -0.2) is 4.52 Å². The highest BCUT2D eigenvalue weighted by Gasteiger charge is 2.04. The van der Waals surface area contributed by atoms with E-state index in [0.717, 1.165) is 0 Å². The van der Waals surface area contributed by atoms with Crippen molar-refractivity contribution in [2.75, 3.05) is 7.11 Å². The smallest absolute Gasteiger partial charge is 0.243 e. The number of methoxy groups -OCH3 is 1. The molecule has 0 fully saturated rings. The second-order valence-electron chi connectivity index (χ2n) is 2.23. The van der Waals surface area contributed by atoms with Crippen LogP contribution in [0.4, 0.5) is 0 Å². The van der Waals surface area contributed by atoms with Crippen LogP contribution in [0, 0.1) is 0 Å². The van der Waals surface area contributed by atoms with Crippen molar-refractivity contribution in [3.63, 3.8) is 0 Å². The third-order valence-corrected chi connectivity index (χ3v) is 1.68. The van der Waals surface area contributed by atoms with Crippen LogP contribution in [0.2, 0.25) is 5.28 Å². The number of hydrogen-bond acceptors (Lipinski definition) is 3. The van der Waals surface area contributed by atoms with Crippen molar-refractivity contribution < 1.29 is 4.74 Å². The fraction of sp³-hybridized carbons (Fsp3) is 0.143. The zero-order valence-corrected chi connectivity index (χ0v) is 7.12. The first-order chi connectivity index (χ1) is 5.81. The third-order valence-electron chi connectivity index (χ3n) is 1.52. The fourth-order valence-corrected chi connectivity index (χ4v) is 1.18. The largest absolute Gasteiger partial charge is 0.493 e. The van der Waals surface area contributed by atoms with Crippen LogP contribution in [0.1, 0.15) is 0 Å². The fourth-order valence-electron chi connectivity index (χ4n) is 1.01. The maximum absolute atomic E-state index is 5.61. The van der Waals surface area contributed by atoms with E-state index in [1.165, 1.54) is 0 Å². The molecule has 0 amide bonds. The SMILES string of the molecule is COc1cccn2nc(Cl)nc12. The van der Waals surface area contributed by atoms with Crippen molar-refractivity contribution in [1.82, 2.24) is 14.6 Å². The van der Waals surface area contributed by atoms with Crippen LogP contribution in [0.5, 0.6) is 5.75 Å². The molecule has 2 aromatic heterocycles. The molecule has 2 aromatic rings. The third kappa shape index (κ3) is 1.00. The highest BCUT2D eigenvalue weighted by Crippen LogP contribution is 2.17. The summed E-state index contributed by atoms with van der Waals surface area (Å²) in [5.74, 6) is 0.664. The van der Waals surface area contributed by atoms with E-state index < -0.39 is 0 Å². The van der Waals surface area contributed by atoms with Gasteiger partial charge in [0.05, 0.1) is 7.11 Å². The summed E-state index contributed by atoms with van der Waals surface area (Å²) >= 11 is 5.61. The summed E-state index contributed by atoms with van der Waals surface area (Å²) in [6.45, 7) is 0. The Labute approximate surface area is 73.7 Å². The molecule has 0 aliphatic carbocycles. The molecule has 0 saturated carbocycles. The predicted molar refractivity (Wildman–Crippen MR) is 44.5 cm³/mol. The van der Waals surface area contributed by atoms with Crippen LogP contribution in [0.15, 0.2) is 18.3 Å². The molecular weight excluding hydrogens is 178 g/mol. The van der Waals surface area contributed by atoms with E-state index in [-0.39, 0.29) is 5.28 Å². The maximum atomic E-state index is 5.61. The zero-order valence-electron chi connectivity index (χ0n) is 6.36. The van der Waals surface area contributed by atoms with Crippen LogP contribution < -0.4 is 4.74 Å². The van der Waals surface area contributed by atoms with Crippen LogP contribution >= 0.6 is 11.6 Å². The standard InChI is InChI=1S/C7H6ClN3O/c1-12-5-3-2-4-11-6(5)9-7(8)10-11/h2-4H,1H3. The van der Waals surface area contributed by atoms with Crippen LogP contribution in [0.3, 0.4) is 0 Å². The highest BCUT2D eigenvalue weighted by molar-refractivity contribution is 6.28. The van der Waals surface area contributed by atoms with Crippen molar-refractivity contribution in [3.8, 4) is 5.75 Å². The molecule has 0 bridgehead atoms. The number of aromatic nitrogens is 3. The molecule has 0 unspecified atom stereocenters. The first-order valence-electron chi connectivity index (χ1n) is 3.36. The number of rotatable bonds is 1. The average molecular weight is 184 g/mol. The number of pyridine rings is 1. The number of ether oxygens (including phenoxy) is 1. The van der Waals surface area contributed by atoms with Crippen molar-refractivity contribution in [3.05, 3.63) is 23.6 Å². The van der Waals surface area contributed by atoms with Gasteiger partial charge in [-0.15, -0.1) is 5.10 Å². The second-order valence-corrected chi connectivity index (χ2v) is 2.56. The molecule has 0 aromatic carbocycles. The van der Waals surface area contributed by atoms with E-state index in [0.29, 0.717) is 11.4 Å². The van der Waals surface area contributed by atoms with Gasteiger partial charge in [0.1, 0.15) is 0 Å². The lowest BCUT2D eigenvalue weighted by atomic mass is 10.4. The number of hydrogen-bond donors (Lipinski definition) is 0. The van der Waals surface area contributed by atoms with Gasteiger partial charge in [-0.3, -0.25) is 0 Å². The summed E-state index contributed by atoms with van der Waals surface area (Å²) in [4.78, 5) is 3.98. The van der Waals surface area contributed by atoms with Crippen molar-refractivity contribution in [1.29, 1.82) is 0 Å². The van der Waals surface area contributed by atoms with E-state index in [2.05, 4.69) is 10.1 Å². The van der Waals surface area contributed by atoms with Gasteiger partial charge < -0.3 is 4.74 Å². The Hall–Kier alpha value is -1.29. The van der Waals surface area contributed by atoms with Crippen molar-refractivity contribution in [2.45, 2.75) is 0 Å². The average Bonchev–Trinajstić information content (AvgIpc) is 2.44. The summed E-state index contributed by atoms with van der Waals surface area (Å²) in [7, 11) is 1.58. The van der Waals surface area contributed by atoms with Gasteiger partial charge in [-0.2, -0.15) is 4.98 Å². The Kier molecular flexibility index (Phi) is 1.62. The Bertz CT molecular complexity index is 412. The summed E-state index contributed by atoms with van der Waals surface area (Å²) in [6.07, 6.45) is 1.76. The lowest BCUT2D eigenvalue weighted by Crippen LogP contribution is -1.90. The summed E-state index contributed by atoms with van der Waals surface area (Å²) in [5.41, 5.74) is 0.630. The molecular formula is C7H6ClN3O. The molecule has 0 saturated heterocycles. The monoisotopic (exact) mass is 183 g/mol. The molecule has 0 atom stereocenters. The van der Waals surface area contributed by atoms with E-state index in [1.54, 1.807) is 23.9 Å². The molecule has 5 heteroatoms. The van der Waals surface area contributed by atoms with Crippen LogP contribution in [0.25, 0.3) is 5.65 Å². The van der Waals surface area contributed by atoms with E-state index >= 15 is 0 Å². The molecule has 0 spiro atoms.